The third-order valence-corrected chi connectivity index (χ3v) is 4.25. The third-order valence-electron chi connectivity index (χ3n) is 4.25. The van der Waals surface area contributed by atoms with Gasteiger partial charge < -0.3 is 10.6 Å². The van der Waals surface area contributed by atoms with Crippen molar-refractivity contribution < 1.29 is 4.79 Å². The second-order valence-electron chi connectivity index (χ2n) is 5.59. The molecular formula is C13H25N3O. The van der Waals surface area contributed by atoms with E-state index in [1.807, 2.05) is 11.9 Å². The Kier molecular flexibility index (Phi) is 4.05. The topological polar surface area (TPSA) is 49.6 Å². The van der Waals surface area contributed by atoms with Crippen LogP contribution in [0.3, 0.4) is 0 Å². The monoisotopic (exact) mass is 239 g/mol. The number of hydrogen-bond donors (Lipinski definition) is 1. The van der Waals surface area contributed by atoms with Gasteiger partial charge in [0.1, 0.15) is 0 Å². The lowest BCUT2D eigenvalue weighted by Crippen LogP contribution is -2.50. The summed E-state index contributed by atoms with van der Waals surface area (Å²) >= 11 is 0. The maximum absolute atomic E-state index is 12.0. The van der Waals surface area contributed by atoms with Crippen LogP contribution in [0.5, 0.6) is 0 Å². The number of nitrogens with zero attached hydrogens (tertiary/aromatic N) is 2. The largest absolute Gasteiger partial charge is 0.342 e. The highest BCUT2D eigenvalue weighted by atomic mass is 16.2. The first-order valence-electron chi connectivity index (χ1n) is 6.85. The molecule has 2 N–H and O–H groups in total. The summed E-state index contributed by atoms with van der Waals surface area (Å²) in [5.41, 5.74) is 6.08. The Morgan fingerprint density at radius 1 is 1.41 bits per heavy atom. The number of rotatable bonds is 4. The van der Waals surface area contributed by atoms with E-state index in [4.69, 9.17) is 5.73 Å². The van der Waals surface area contributed by atoms with Gasteiger partial charge in [0.25, 0.3) is 0 Å². The highest BCUT2D eigenvalue weighted by Gasteiger charge is 2.32. The van der Waals surface area contributed by atoms with Crippen LogP contribution in [0.4, 0.5) is 0 Å². The summed E-state index contributed by atoms with van der Waals surface area (Å²) in [6.45, 7) is 4.73. The summed E-state index contributed by atoms with van der Waals surface area (Å²) in [6, 6.07) is 0.851. The summed E-state index contributed by atoms with van der Waals surface area (Å²) in [7, 11) is 1.94. The van der Waals surface area contributed by atoms with Crippen molar-refractivity contribution in [1.29, 1.82) is 0 Å². The van der Waals surface area contributed by atoms with Crippen LogP contribution in [-0.2, 0) is 4.79 Å². The molecule has 2 aliphatic rings. The Balaban J connectivity index is 1.80. The summed E-state index contributed by atoms with van der Waals surface area (Å²) in [4.78, 5) is 16.2. The van der Waals surface area contributed by atoms with Gasteiger partial charge in [-0.15, -0.1) is 0 Å². The van der Waals surface area contributed by atoms with Crippen LogP contribution < -0.4 is 5.73 Å². The zero-order valence-electron chi connectivity index (χ0n) is 11.1. The number of piperidine rings is 1. The summed E-state index contributed by atoms with van der Waals surface area (Å²) in [6.07, 6.45) is 4.51. The lowest BCUT2D eigenvalue weighted by molar-refractivity contribution is -0.132. The van der Waals surface area contributed by atoms with E-state index in [0.29, 0.717) is 24.5 Å². The number of carbonyl (C=O) groups excluding carboxylic acids is 1. The lowest BCUT2D eigenvalue weighted by Gasteiger charge is -2.36. The first kappa shape index (κ1) is 12.8. The molecule has 2 rings (SSSR count). The SMILES string of the molecule is CCC1CN(CC(=O)N(C)C2CC2)CCC1N. The molecule has 1 amide bonds. The van der Waals surface area contributed by atoms with Crippen LogP contribution in [0.25, 0.3) is 0 Å². The minimum atomic E-state index is 0.276. The van der Waals surface area contributed by atoms with Crippen LogP contribution in [0.1, 0.15) is 32.6 Å². The van der Waals surface area contributed by atoms with E-state index in [9.17, 15) is 4.79 Å². The Morgan fingerprint density at radius 3 is 2.71 bits per heavy atom. The van der Waals surface area contributed by atoms with Crippen LogP contribution >= 0.6 is 0 Å². The number of amides is 1. The van der Waals surface area contributed by atoms with Gasteiger partial charge in [-0.2, -0.15) is 0 Å². The average Bonchev–Trinajstić information content (AvgIpc) is 3.14. The Morgan fingerprint density at radius 2 is 2.12 bits per heavy atom. The van der Waals surface area contributed by atoms with Crippen LogP contribution in [0.2, 0.25) is 0 Å². The first-order chi connectivity index (χ1) is 8.11. The molecule has 0 aromatic carbocycles. The van der Waals surface area contributed by atoms with E-state index in [0.717, 1.165) is 25.9 Å². The van der Waals surface area contributed by atoms with E-state index in [1.54, 1.807) is 0 Å². The van der Waals surface area contributed by atoms with Gasteiger partial charge in [-0.3, -0.25) is 9.69 Å². The van der Waals surface area contributed by atoms with Gasteiger partial charge in [-0.1, -0.05) is 13.3 Å². The fourth-order valence-corrected chi connectivity index (χ4v) is 2.67. The van der Waals surface area contributed by atoms with E-state index in [2.05, 4.69) is 11.8 Å². The molecule has 0 bridgehead atoms. The van der Waals surface area contributed by atoms with Crippen molar-refractivity contribution in [2.75, 3.05) is 26.7 Å². The van der Waals surface area contributed by atoms with Crippen LogP contribution in [-0.4, -0.2) is 54.5 Å². The lowest BCUT2D eigenvalue weighted by atomic mass is 9.91. The van der Waals surface area contributed by atoms with E-state index in [1.165, 1.54) is 12.8 Å². The highest BCUT2D eigenvalue weighted by Crippen LogP contribution is 2.26. The molecule has 1 aliphatic heterocycles. The normalized spacial score (nSPS) is 30.3. The van der Waals surface area contributed by atoms with E-state index in [-0.39, 0.29) is 5.91 Å². The number of nitrogens with two attached hydrogens (primary N) is 1. The van der Waals surface area contributed by atoms with Crippen LogP contribution in [0.15, 0.2) is 0 Å². The molecule has 17 heavy (non-hydrogen) atoms. The number of hydrogen-bond acceptors (Lipinski definition) is 3. The first-order valence-corrected chi connectivity index (χ1v) is 6.85. The summed E-state index contributed by atoms with van der Waals surface area (Å²) < 4.78 is 0. The fraction of sp³-hybridized carbons (Fsp3) is 0.923. The van der Waals surface area contributed by atoms with E-state index < -0.39 is 0 Å². The molecule has 1 heterocycles. The molecule has 0 radical (unpaired) electrons. The Labute approximate surface area is 104 Å². The van der Waals surface area contributed by atoms with Crippen molar-refractivity contribution in [1.82, 2.24) is 9.80 Å². The molecule has 1 aliphatic carbocycles. The smallest absolute Gasteiger partial charge is 0.236 e. The van der Waals surface area contributed by atoms with Crippen molar-refractivity contribution in [2.45, 2.75) is 44.7 Å². The van der Waals surface area contributed by atoms with Gasteiger partial charge in [0.15, 0.2) is 0 Å². The fourth-order valence-electron chi connectivity index (χ4n) is 2.67. The number of carbonyl (C=O) groups is 1. The molecule has 0 aromatic rings. The Hall–Kier alpha value is -0.610. The second-order valence-corrected chi connectivity index (χ2v) is 5.59. The van der Waals surface area contributed by atoms with Crippen LogP contribution in [0, 0.1) is 5.92 Å². The quantitative estimate of drug-likeness (QED) is 0.784. The van der Waals surface area contributed by atoms with Gasteiger partial charge in [-0.05, 0) is 25.2 Å². The molecule has 1 saturated heterocycles. The molecule has 2 fully saturated rings. The zero-order chi connectivity index (χ0) is 12.4. The third kappa shape index (κ3) is 3.19. The molecule has 1 saturated carbocycles. The maximum Gasteiger partial charge on any atom is 0.236 e. The minimum Gasteiger partial charge on any atom is -0.342 e. The molecule has 2 atom stereocenters. The molecule has 0 spiro atoms. The molecule has 0 aromatic heterocycles. The number of likely N-dealkylation sites (tertiary alicyclic amines) is 1. The second kappa shape index (κ2) is 5.36. The molecule has 2 unspecified atom stereocenters. The average molecular weight is 239 g/mol. The zero-order valence-corrected chi connectivity index (χ0v) is 11.1. The van der Waals surface area contributed by atoms with Crippen molar-refractivity contribution in [3.8, 4) is 0 Å². The van der Waals surface area contributed by atoms with Gasteiger partial charge in [0.05, 0.1) is 6.54 Å². The highest BCUT2D eigenvalue weighted by molar-refractivity contribution is 5.78. The van der Waals surface area contributed by atoms with Gasteiger partial charge >= 0.3 is 0 Å². The summed E-state index contributed by atoms with van der Waals surface area (Å²) in [5, 5.41) is 0. The number of likely N-dealkylation sites (N-methyl/N-ethyl adjacent to an activating group) is 1. The van der Waals surface area contributed by atoms with Gasteiger partial charge in [0.2, 0.25) is 5.91 Å². The maximum atomic E-state index is 12.0. The molecule has 98 valence electrons. The predicted molar refractivity (Wildman–Crippen MR) is 68.6 cm³/mol. The molecule has 4 heteroatoms. The minimum absolute atomic E-state index is 0.276. The summed E-state index contributed by atoms with van der Waals surface area (Å²) in [5.74, 6) is 0.834. The van der Waals surface area contributed by atoms with Crippen molar-refractivity contribution in [3.63, 3.8) is 0 Å². The molecular weight excluding hydrogens is 214 g/mol. The van der Waals surface area contributed by atoms with Gasteiger partial charge in [0, 0.05) is 32.2 Å². The van der Waals surface area contributed by atoms with Crippen molar-refractivity contribution >= 4 is 5.91 Å². The van der Waals surface area contributed by atoms with Crippen molar-refractivity contribution in [2.24, 2.45) is 11.7 Å². The standard InChI is InChI=1S/C13H25N3O/c1-3-10-8-16(7-6-12(10)14)9-13(17)15(2)11-4-5-11/h10-12H,3-9,14H2,1-2H3. The van der Waals surface area contributed by atoms with Crippen molar-refractivity contribution in [3.05, 3.63) is 0 Å². The Bertz CT molecular complexity index is 278. The van der Waals surface area contributed by atoms with E-state index >= 15 is 0 Å². The molecule has 4 nitrogen and oxygen atoms in total. The van der Waals surface area contributed by atoms with Gasteiger partial charge in [-0.25, -0.2) is 0 Å². The predicted octanol–water partition coefficient (Wildman–Crippen LogP) is 0.666.